The maximum Gasteiger partial charge on any atom is 0.409 e. The molecule has 1 heterocycles. The lowest BCUT2D eigenvalue weighted by molar-refractivity contribution is -0.121. The number of guanidine groups is 1. The van der Waals surface area contributed by atoms with E-state index in [1.165, 1.54) is 0 Å². The maximum atomic E-state index is 12.0. The van der Waals surface area contributed by atoms with Crippen molar-refractivity contribution in [2.45, 2.75) is 26.8 Å². The lowest BCUT2D eigenvalue weighted by Gasteiger charge is -2.35. The Bertz CT molecular complexity index is 649. The van der Waals surface area contributed by atoms with Gasteiger partial charge in [-0.25, -0.2) is 4.79 Å². The molecule has 2 N–H and O–H groups in total. The summed E-state index contributed by atoms with van der Waals surface area (Å²) < 4.78 is 5.05. The third kappa shape index (κ3) is 8.88. The lowest BCUT2D eigenvalue weighted by atomic mass is 10.2. The Balaban J connectivity index is 0.00000420. The van der Waals surface area contributed by atoms with E-state index >= 15 is 0 Å². The zero-order chi connectivity index (χ0) is 20.2. The highest BCUT2D eigenvalue weighted by Crippen LogP contribution is 2.05. The van der Waals surface area contributed by atoms with E-state index in [9.17, 15) is 9.59 Å². The minimum Gasteiger partial charge on any atom is -0.450 e. The van der Waals surface area contributed by atoms with Gasteiger partial charge in [-0.15, -0.1) is 24.0 Å². The number of hydrogen-bond acceptors (Lipinski definition) is 4. The number of carbonyl (C=O) groups excluding carboxylic acids is 2. The molecule has 0 atom stereocenters. The summed E-state index contributed by atoms with van der Waals surface area (Å²) >= 11 is 0. The maximum absolute atomic E-state index is 12.0. The number of nitrogens with one attached hydrogen (secondary N) is 2. The molecule has 162 valence electrons. The van der Waals surface area contributed by atoms with Gasteiger partial charge in [-0.3, -0.25) is 9.79 Å². The summed E-state index contributed by atoms with van der Waals surface area (Å²) in [6.07, 6.45) is 0.0732. The van der Waals surface area contributed by atoms with Gasteiger partial charge in [0.1, 0.15) is 0 Å². The normalized spacial score (nSPS) is 14.1. The average molecular weight is 517 g/mol. The Hall–Kier alpha value is -2.04. The smallest absolute Gasteiger partial charge is 0.409 e. The zero-order valence-electron chi connectivity index (χ0n) is 17.2. The predicted molar refractivity (Wildman–Crippen MR) is 124 cm³/mol. The molecule has 2 rings (SSSR count). The number of hydrogen-bond donors (Lipinski definition) is 2. The Morgan fingerprint density at radius 3 is 2.31 bits per heavy atom. The van der Waals surface area contributed by atoms with Crippen molar-refractivity contribution in [3.8, 4) is 0 Å². The molecule has 0 unspecified atom stereocenters. The molecule has 0 radical (unpaired) electrons. The highest BCUT2D eigenvalue weighted by molar-refractivity contribution is 14.0. The van der Waals surface area contributed by atoms with Crippen molar-refractivity contribution in [3.63, 3.8) is 0 Å². The molecule has 1 aromatic rings. The molecule has 0 spiro atoms. The second kappa shape index (κ2) is 14.0. The third-order valence-electron chi connectivity index (χ3n) is 4.37. The number of aliphatic imine (C=N–C) groups is 1. The molecule has 8 nitrogen and oxygen atoms in total. The van der Waals surface area contributed by atoms with E-state index < -0.39 is 0 Å². The summed E-state index contributed by atoms with van der Waals surface area (Å²) in [5.74, 6) is 0.762. The van der Waals surface area contributed by atoms with E-state index in [0.717, 1.165) is 18.1 Å². The first-order valence-corrected chi connectivity index (χ1v) is 9.89. The second-order valence-electron chi connectivity index (χ2n) is 6.42. The fraction of sp³-hybridized carbons (Fsp3) is 0.550. The van der Waals surface area contributed by atoms with Crippen LogP contribution in [0.1, 0.15) is 25.8 Å². The topological polar surface area (TPSA) is 86.3 Å². The summed E-state index contributed by atoms with van der Waals surface area (Å²) in [4.78, 5) is 32.2. The van der Waals surface area contributed by atoms with Gasteiger partial charge in [-0.1, -0.05) is 30.3 Å². The number of piperazine rings is 1. The van der Waals surface area contributed by atoms with E-state index in [4.69, 9.17) is 4.74 Å². The average Bonchev–Trinajstić information content (AvgIpc) is 2.73. The third-order valence-corrected chi connectivity index (χ3v) is 4.37. The second-order valence-corrected chi connectivity index (χ2v) is 6.42. The van der Waals surface area contributed by atoms with Crippen molar-refractivity contribution in [3.05, 3.63) is 35.9 Å². The molecule has 1 fully saturated rings. The summed E-state index contributed by atoms with van der Waals surface area (Å²) in [6, 6.07) is 9.83. The minimum absolute atomic E-state index is 0. The van der Waals surface area contributed by atoms with Crippen molar-refractivity contribution in [1.29, 1.82) is 0 Å². The number of nitrogens with zero attached hydrogens (tertiary/aromatic N) is 3. The molecule has 0 saturated carbocycles. The molecule has 1 aliphatic heterocycles. The summed E-state index contributed by atoms with van der Waals surface area (Å²) in [5.41, 5.74) is 1.08. The van der Waals surface area contributed by atoms with Gasteiger partial charge in [-0.2, -0.15) is 0 Å². The summed E-state index contributed by atoms with van der Waals surface area (Å²) in [5, 5.41) is 6.18. The molecule has 29 heavy (non-hydrogen) atoms. The molecule has 0 aliphatic carbocycles. The van der Waals surface area contributed by atoms with Crippen LogP contribution in [0.5, 0.6) is 0 Å². The quantitative estimate of drug-likeness (QED) is 0.329. The van der Waals surface area contributed by atoms with E-state index in [1.807, 2.05) is 37.3 Å². The molecular formula is C20H32IN5O3. The highest BCUT2D eigenvalue weighted by atomic mass is 127. The Morgan fingerprint density at radius 1 is 1.03 bits per heavy atom. The van der Waals surface area contributed by atoms with Crippen LogP contribution in [0.3, 0.4) is 0 Å². The number of ether oxygens (including phenoxy) is 1. The van der Waals surface area contributed by atoms with Crippen LogP contribution >= 0.6 is 24.0 Å². The summed E-state index contributed by atoms with van der Waals surface area (Å²) in [6.45, 7) is 8.46. The van der Waals surface area contributed by atoms with Gasteiger partial charge in [0.15, 0.2) is 5.96 Å². The minimum atomic E-state index is -0.265. The number of halogens is 1. The molecule has 0 aromatic heterocycles. The molecule has 0 bridgehead atoms. The van der Waals surface area contributed by atoms with Gasteiger partial charge >= 0.3 is 6.09 Å². The van der Waals surface area contributed by atoms with Gasteiger partial charge in [0, 0.05) is 45.7 Å². The van der Waals surface area contributed by atoms with Crippen molar-refractivity contribution >= 4 is 41.9 Å². The fourth-order valence-electron chi connectivity index (χ4n) is 2.89. The Morgan fingerprint density at radius 2 is 1.69 bits per heavy atom. The SMILES string of the molecule is CCNC(=NCCC(=O)NCc1ccccc1)N1CCN(C(=O)OCC)CC1.I. The van der Waals surface area contributed by atoms with Gasteiger partial charge in [0.05, 0.1) is 13.2 Å². The molecule has 9 heteroatoms. The molecular weight excluding hydrogens is 485 g/mol. The van der Waals surface area contributed by atoms with Crippen LogP contribution in [0.25, 0.3) is 0 Å². The van der Waals surface area contributed by atoms with Gasteiger partial charge in [-0.05, 0) is 19.4 Å². The molecule has 1 saturated heterocycles. The van der Waals surface area contributed by atoms with Crippen LogP contribution in [-0.4, -0.2) is 73.6 Å². The van der Waals surface area contributed by atoms with Crippen LogP contribution < -0.4 is 10.6 Å². The van der Waals surface area contributed by atoms with Crippen molar-refractivity contribution in [1.82, 2.24) is 20.4 Å². The van der Waals surface area contributed by atoms with Gasteiger partial charge < -0.3 is 25.2 Å². The van der Waals surface area contributed by atoms with E-state index in [-0.39, 0.29) is 36.0 Å². The van der Waals surface area contributed by atoms with Crippen LogP contribution in [0.4, 0.5) is 4.79 Å². The monoisotopic (exact) mass is 517 g/mol. The van der Waals surface area contributed by atoms with Crippen LogP contribution in [-0.2, 0) is 16.1 Å². The van der Waals surface area contributed by atoms with E-state index in [1.54, 1.807) is 11.8 Å². The number of rotatable bonds is 7. The number of amides is 2. The first-order valence-electron chi connectivity index (χ1n) is 9.89. The van der Waals surface area contributed by atoms with Crippen molar-refractivity contribution in [2.24, 2.45) is 4.99 Å². The number of carbonyl (C=O) groups is 2. The van der Waals surface area contributed by atoms with Crippen LogP contribution in [0, 0.1) is 0 Å². The highest BCUT2D eigenvalue weighted by Gasteiger charge is 2.23. The van der Waals surface area contributed by atoms with Crippen LogP contribution in [0.15, 0.2) is 35.3 Å². The van der Waals surface area contributed by atoms with Gasteiger partial charge in [0.2, 0.25) is 5.91 Å². The largest absolute Gasteiger partial charge is 0.450 e. The molecule has 1 aliphatic rings. The molecule has 1 aromatic carbocycles. The fourth-order valence-corrected chi connectivity index (χ4v) is 2.89. The summed E-state index contributed by atoms with van der Waals surface area (Å²) in [7, 11) is 0. The Labute approximate surface area is 190 Å². The standard InChI is InChI=1S/C20H31N5O3.HI/c1-3-21-19(24-12-14-25(15-13-24)20(27)28-4-2)22-11-10-18(26)23-16-17-8-6-5-7-9-17;/h5-9H,3-4,10-16H2,1-2H3,(H,21,22)(H,23,26);1H. The first-order chi connectivity index (χ1) is 13.6. The van der Waals surface area contributed by atoms with Gasteiger partial charge in [0.25, 0.3) is 0 Å². The predicted octanol–water partition coefficient (Wildman–Crippen LogP) is 2.05. The lowest BCUT2D eigenvalue weighted by Crippen LogP contribution is -2.54. The number of benzene rings is 1. The van der Waals surface area contributed by atoms with E-state index in [0.29, 0.717) is 52.3 Å². The van der Waals surface area contributed by atoms with Crippen molar-refractivity contribution < 1.29 is 14.3 Å². The first kappa shape index (κ1) is 25.0. The molecule has 2 amide bonds. The van der Waals surface area contributed by atoms with E-state index in [2.05, 4.69) is 20.5 Å². The Kier molecular flexibility index (Phi) is 12.1. The van der Waals surface area contributed by atoms with Crippen LogP contribution in [0.2, 0.25) is 0 Å². The van der Waals surface area contributed by atoms with Crippen molar-refractivity contribution in [2.75, 3.05) is 45.9 Å². The zero-order valence-corrected chi connectivity index (χ0v) is 19.6.